The number of imide groups is 1. The lowest BCUT2D eigenvalue weighted by molar-refractivity contribution is -0.124. The summed E-state index contributed by atoms with van der Waals surface area (Å²) in [7, 11) is 1.69. The van der Waals surface area contributed by atoms with E-state index in [0.717, 1.165) is 16.7 Å². The molecule has 2 aromatic carbocycles. The third kappa shape index (κ3) is 2.60. The molecule has 3 amide bonds. The first-order valence-corrected chi connectivity index (χ1v) is 9.45. The van der Waals surface area contributed by atoms with Crippen molar-refractivity contribution in [1.29, 1.82) is 0 Å². The molecule has 1 N–H and O–H groups in total. The fraction of sp³-hybridized carbons (Fsp3) is 0.238. The molecule has 8 nitrogen and oxygen atoms in total. The molecule has 1 saturated heterocycles. The minimum atomic E-state index is -0.578. The van der Waals surface area contributed by atoms with Crippen molar-refractivity contribution in [2.24, 2.45) is 0 Å². The van der Waals surface area contributed by atoms with Crippen LogP contribution in [0.3, 0.4) is 0 Å². The van der Waals surface area contributed by atoms with Crippen LogP contribution in [0.5, 0.6) is 0 Å². The van der Waals surface area contributed by atoms with E-state index >= 15 is 0 Å². The number of fused-ring (bicyclic) bond motifs is 3. The molecular weight excluding hydrogens is 368 g/mol. The molecule has 2 atom stereocenters. The smallest absolute Gasteiger partial charge is 0.321 e. The highest BCUT2D eigenvalue weighted by atomic mass is 16.2. The van der Waals surface area contributed by atoms with Crippen LogP contribution in [0.1, 0.15) is 17.3 Å². The number of aryl methyl sites for hydroxylation is 1. The van der Waals surface area contributed by atoms with Gasteiger partial charge < -0.3 is 9.80 Å². The number of likely N-dealkylation sites (N-methyl/N-ethyl adjacent to an activating group) is 1. The van der Waals surface area contributed by atoms with Crippen LogP contribution in [0.15, 0.2) is 54.6 Å². The average Bonchev–Trinajstić information content (AvgIpc) is 3.28. The largest absolute Gasteiger partial charge is 0.325 e. The Morgan fingerprint density at radius 3 is 2.48 bits per heavy atom. The quantitative estimate of drug-likeness (QED) is 0.745. The Morgan fingerprint density at radius 1 is 1.00 bits per heavy atom. The second kappa shape index (κ2) is 6.44. The molecule has 0 saturated carbocycles. The first-order chi connectivity index (χ1) is 14.1. The second-order valence-electron chi connectivity index (χ2n) is 7.38. The van der Waals surface area contributed by atoms with E-state index in [2.05, 4.69) is 15.5 Å². The number of aromatic nitrogens is 3. The van der Waals surface area contributed by atoms with Crippen LogP contribution in [0.2, 0.25) is 0 Å². The van der Waals surface area contributed by atoms with Crippen LogP contribution in [0.25, 0.3) is 11.4 Å². The van der Waals surface area contributed by atoms with Gasteiger partial charge >= 0.3 is 6.03 Å². The van der Waals surface area contributed by atoms with Gasteiger partial charge in [0.1, 0.15) is 6.17 Å². The summed E-state index contributed by atoms with van der Waals surface area (Å²) < 4.78 is 1.90. The number of urea groups is 1. The van der Waals surface area contributed by atoms with Crippen LogP contribution in [-0.2, 0) is 11.3 Å². The van der Waals surface area contributed by atoms with E-state index in [-0.39, 0.29) is 5.91 Å². The van der Waals surface area contributed by atoms with Crippen LogP contribution >= 0.6 is 0 Å². The van der Waals surface area contributed by atoms with E-state index in [1.807, 2.05) is 71.0 Å². The number of nitrogens with zero attached hydrogens (tertiary/aromatic N) is 5. The van der Waals surface area contributed by atoms with Crippen LogP contribution < -0.4 is 10.2 Å². The summed E-state index contributed by atoms with van der Waals surface area (Å²) in [6.45, 7) is 2.54. The molecule has 1 aromatic heterocycles. The fourth-order valence-electron chi connectivity index (χ4n) is 4.12. The maximum absolute atomic E-state index is 12.9. The molecule has 2 unspecified atom stereocenters. The zero-order chi connectivity index (χ0) is 20.1. The molecule has 3 aromatic rings. The zero-order valence-electron chi connectivity index (χ0n) is 16.1. The van der Waals surface area contributed by atoms with Gasteiger partial charge in [-0.25, -0.2) is 4.79 Å². The number of anilines is 1. The Labute approximate surface area is 167 Å². The summed E-state index contributed by atoms with van der Waals surface area (Å²) in [6.07, 6.45) is -0.513. The molecule has 0 aliphatic carbocycles. The first kappa shape index (κ1) is 17.4. The summed E-state index contributed by atoms with van der Waals surface area (Å²) in [6, 6.07) is 16.7. The molecule has 29 heavy (non-hydrogen) atoms. The molecular formula is C21H20N6O2. The summed E-state index contributed by atoms with van der Waals surface area (Å²) in [5, 5.41) is 11.3. The Kier molecular flexibility index (Phi) is 3.87. The van der Waals surface area contributed by atoms with Crippen molar-refractivity contribution < 1.29 is 9.59 Å². The van der Waals surface area contributed by atoms with E-state index in [1.54, 1.807) is 11.9 Å². The van der Waals surface area contributed by atoms with Gasteiger partial charge in [-0.3, -0.25) is 14.7 Å². The van der Waals surface area contributed by atoms with Gasteiger partial charge in [0, 0.05) is 19.2 Å². The van der Waals surface area contributed by atoms with Gasteiger partial charge in [-0.15, -0.1) is 10.2 Å². The Hall–Kier alpha value is -3.68. The van der Waals surface area contributed by atoms with Crippen LogP contribution in [-0.4, -0.2) is 44.7 Å². The van der Waals surface area contributed by atoms with Crippen molar-refractivity contribution in [3.05, 3.63) is 65.7 Å². The molecule has 0 bridgehead atoms. The van der Waals surface area contributed by atoms with Gasteiger partial charge in [-0.2, -0.15) is 0 Å². The highest BCUT2D eigenvalue weighted by Crippen LogP contribution is 2.41. The summed E-state index contributed by atoms with van der Waals surface area (Å²) in [4.78, 5) is 28.7. The lowest BCUT2D eigenvalue weighted by atomic mass is 10.1. The van der Waals surface area contributed by atoms with Crippen molar-refractivity contribution >= 4 is 17.9 Å². The second-order valence-corrected chi connectivity index (χ2v) is 7.38. The van der Waals surface area contributed by atoms with Crippen molar-refractivity contribution in [2.45, 2.75) is 25.7 Å². The van der Waals surface area contributed by atoms with Crippen LogP contribution in [0, 0.1) is 6.92 Å². The zero-order valence-corrected chi connectivity index (χ0v) is 16.1. The third-order valence-corrected chi connectivity index (χ3v) is 5.67. The molecule has 3 heterocycles. The van der Waals surface area contributed by atoms with Crippen molar-refractivity contribution in [2.75, 3.05) is 11.9 Å². The number of amides is 3. The van der Waals surface area contributed by atoms with Gasteiger partial charge in [-0.05, 0) is 18.1 Å². The number of hydrogen-bond donors (Lipinski definition) is 1. The van der Waals surface area contributed by atoms with Crippen molar-refractivity contribution in [3.8, 4) is 11.4 Å². The van der Waals surface area contributed by atoms with Gasteiger partial charge in [0.25, 0.3) is 5.91 Å². The van der Waals surface area contributed by atoms with E-state index in [1.165, 1.54) is 0 Å². The molecule has 0 spiro atoms. The van der Waals surface area contributed by atoms with Gasteiger partial charge in [0.05, 0.1) is 0 Å². The molecule has 8 heteroatoms. The van der Waals surface area contributed by atoms with E-state index < -0.39 is 18.2 Å². The summed E-state index contributed by atoms with van der Waals surface area (Å²) in [5.41, 5.74) is 3.11. The molecule has 2 aliphatic heterocycles. The lowest BCUT2D eigenvalue weighted by Gasteiger charge is -2.37. The van der Waals surface area contributed by atoms with E-state index in [4.69, 9.17) is 0 Å². The minimum absolute atomic E-state index is 0.323. The number of nitrogens with one attached hydrogen (secondary N) is 1. The first-order valence-electron chi connectivity index (χ1n) is 9.45. The standard InChI is InChI=1S/C21H20N6O2/c1-13-8-6-7-11-15(13)12-26-16-18(28)22-21(29)25(2)19(16)27-17(23-24-20(26)27)14-9-4-3-5-10-14/h3-11,16,19H,12H2,1-2H3,(H,22,28,29). The maximum atomic E-state index is 12.9. The number of rotatable bonds is 3. The maximum Gasteiger partial charge on any atom is 0.325 e. The highest BCUT2D eigenvalue weighted by molar-refractivity contribution is 6.02. The SMILES string of the molecule is Cc1ccccc1CN1c2nnc(-c3ccccc3)n2C2C1C(=O)NC(=O)N2C. The van der Waals surface area contributed by atoms with Crippen molar-refractivity contribution in [3.63, 3.8) is 0 Å². The topological polar surface area (TPSA) is 83.4 Å². The summed E-state index contributed by atoms with van der Waals surface area (Å²) >= 11 is 0. The number of hydrogen-bond acceptors (Lipinski definition) is 5. The minimum Gasteiger partial charge on any atom is -0.321 e. The highest BCUT2D eigenvalue weighted by Gasteiger charge is 2.52. The Morgan fingerprint density at radius 2 is 1.72 bits per heavy atom. The Bertz CT molecular complexity index is 1110. The molecule has 0 radical (unpaired) electrons. The molecule has 146 valence electrons. The predicted octanol–water partition coefficient (Wildman–Crippen LogP) is 2.32. The fourth-order valence-corrected chi connectivity index (χ4v) is 4.12. The lowest BCUT2D eigenvalue weighted by Crippen LogP contribution is -2.61. The predicted molar refractivity (Wildman–Crippen MR) is 107 cm³/mol. The van der Waals surface area contributed by atoms with E-state index in [9.17, 15) is 9.59 Å². The molecule has 2 aliphatic rings. The van der Waals surface area contributed by atoms with Gasteiger partial charge in [0.2, 0.25) is 5.95 Å². The Balaban J connectivity index is 1.66. The molecule has 1 fully saturated rings. The van der Waals surface area contributed by atoms with Crippen molar-refractivity contribution in [1.82, 2.24) is 25.0 Å². The number of benzene rings is 2. The average molecular weight is 388 g/mol. The summed E-state index contributed by atoms with van der Waals surface area (Å²) in [5.74, 6) is 0.896. The van der Waals surface area contributed by atoms with Gasteiger partial charge in [0.15, 0.2) is 11.9 Å². The normalized spacial score (nSPS) is 20.5. The monoisotopic (exact) mass is 388 g/mol. The van der Waals surface area contributed by atoms with Gasteiger partial charge in [-0.1, -0.05) is 54.6 Å². The number of carbonyl (C=O) groups excluding carboxylic acids is 2. The third-order valence-electron chi connectivity index (χ3n) is 5.67. The molecule has 5 rings (SSSR count). The van der Waals surface area contributed by atoms with Crippen LogP contribution in [0.4, 0.5) is 10.7 Å². The van der Waals surface area contributed by atoms with E-state index in [0.29, 0.717) is 18.3 Å². The number of carbonyl (C=O) groups is 2.